The van der Waals surface area contributed by atoms with E-state index in [0.717, 1.165) is 28.7 Å². The van der Waals surface area contributed by atoms with E-state index in [9.17, 15) is 4.79 Å². The number of anilines is 1. The third-order valence-electron chi connectivity index (χ3n) is 4.70. The standard InChI is InChI=1S/C17H20ClNO2/c18-14-7-1-5-13(9-10-16(20)21)17(14)19-11-3-6-12-4-2-8-15(12)19/h1,5,7,9-10,12,15H,2-4,6,8,11H2,(H,20,21)/b10-9+. The van der Waals surface area contributed by atoms with Crippen molar-refractivity contribution in [1.29, 1.82) is 0 Å². The molecule has 1 saturated carbocycles. The summed E-state index contributed by atoms with van der Waals surface area (Å²) in [5.41, 5.74) is 1.91. The predicted molar refractivity (Wildman–Crippen MR) is 85.8 cm³/mol. The first-order valence-electron chi connectivity index (χ1n) is 7.63. The lowest BCUT2D eigenvalue weighted by atomic mass is 9.91. The molecule has 1 heterocycles. The normalized spacial score (nSPS) is 25.3. The van der Waals surface area contributed by atoms with Crippen molar-refractivity contribution in [2.75, 3.05) is 11.4 Å². The summed E-state index contributed by atoms with van der Waals surface area (Å²) < 4.78 is 0. The quantitative estimate of drug-likeness (QED) is 0.851. The third kappa shape index (κ3) is 2.93. The predicted octanol–water partition coefficient (Wildman–Crippen LogP) is 4.21. The van der Waals surface area contributed by atoms with E-state index in [4.69, 9.17) is 16.7 Å². The lowest BCUT2D eigenvalue weighted by molar-refractivity contribution is -0.131. The summed E-state index contributed by atoms with van der Waals surface area (Å²) in [6.07, 6.45) is 9.16. The van der Waals surface area contributed by atoms with Gasteiger partial charge < -0.3 is 10.0 Å². The second-order valence-electron chi connectivity index (χ2n) is 5.94. The van der Waals surface area contributed by atoms with Crippen molar-refractivity contribution in [3.63, 3.8) is 0 Å². The highest BCUT2D eigenvalue weighted by Crippen LogP contribution is 2.42. The van der Waals surface area contributed by atoms with E-state index in [1.54, 1.807) is 6.08 Å². The minimum Gasteiger partial charge on any atom is -0.478 e. The Balaban J connectivity index is 1.98. The number of carbonyl (C=O) groups is 1. The number of rotatable bonds is 3. The van der Waals surface area contributed by atoms with Crippen molar-refractivity contribution < 1.29 is 9.90 Å². The first kappa shape index (κ1) is 14.5. The Morgan fingerprint density at radius 2 is 2.10 bits per heavy atom. The van der Waals surface area contributed by atoms with Crippen LogP contribution in [0.1, 0.15) is 37.7 Å². The molecular formula is C17H20ClNO2. The summed E-state index contributed by atoms with van der Waals surface area (Å²) in [7, 11) is 0. The van der Waals surface area contributed by atoms with Crippen LogP contribution >= 0.6 is 11.6 Å². The number of carboxylic acid groups (broad SMARTS) is 1. The van der Waals surface area contributed by atoms with Crippen LogP contribution in [-0.4, -0.2) is 23.7 Å². The Bertz CT molecular complexity index is 570. The number of nitrogens with zero attached hydrogens (tertiary/aromatic N) is 1. The summed E-state index contributed by atoms with van der Waals surface area (Å²) in [6.45, 7) is 1.01. The fourth-order valence-electron chi connectivity index (χ4n) is 3.86. The van der Waals surface area contributed by atoms with Gasteiger partial charge in [-0.3, -0.25) is 0 Å². The molecule has 0 aromatic heterocycles. The Hall–Kier alpha value is -1.48. The molecule has 3 rings (SSSR count). The summed E-state index contributed by atoms with van der Waals surface area (Å²) in [4.78, 5) is 13.2. The van der Waals surface area contributed by atoms with Gasteiger partial charge in [0.25, 0.3) is 0 Å². The smallest absolute Gasteiger partial charge is 0.328 e. The fourth-order valence-corrected chi connectivity index (χ4v) is 4.15. The molecule has 1 aromatic rings. The molecule has 2 unspecified atom stereocenters. The number of carboxylic acids is 1. The Morgan fingerprint density at radius 3 is 2.90 bits per heavy atom. The minimum atomic E-state index is -0.932. The van der Waals surface area contributed by atoms with Crippen molar-refractivity contribution in [1.82, 2.24) is 0 Å². The number of aliphatic carboxylic acids is 1. The van der Waals surface area contributed by atoms with Crippen LogP contribution in [-0.2, 0) is 4.79 Å². The zero-order valence-electron chi connectivity index (χ0n) is 12.0. The van der Waals surface area contributed by atoms with Crippen LogP contribution in [0.15, 0.2) is 24.3 Å². The Morgan fingerprint density at radius 1 is 1.29 bits per heavy atom. The van der Waals surface area contributed by atoms with Crippen LogP contribution < -0.4 is 4.90 Å². The van der Waals surface area contributed by atoms with Gasteiger partial charge in [-0.25, -0.2) is 4.79 Å². The Labute approximate surface area is 130 Å². The van der Waals surface area contributed by atoms with Crippen molar-refractivity contribution in [2.24, 2.45) is 5.92 Å². The molecule has 0 radical (unpaired) electrons. The highest BCUT2D eigenvalue weighted by Gasteiger charge is 2.36. The zero-order valence-corrected chi connectivity index (χ0v) is 12.7. The highest BCUT2D eigenvalue weighted by molar-refractivity contribution is 6.33. The van der Waals surface area contributed by atoms with Gasteiger partial charge in [-0.05, 0) is 49.3 Å². The topological polar surface area (TPSA) is 40.5 Å². The van der Waals surface area contributed by atoms with Crippen LogP contribution in [0.25, 0.3) is 6.08 Å². The van der Waals surface area contributed by atoms with Gasteiger partial charge in [0.05, 0.1) is 10.7 Å². The minimum absolute atomic E-state index is 0.565. The molecule has 1 aliphatic heterocycles. The molecule has 1 N–H and O–H groups in total. The van der Waals surface area contributed by atoms with Gasteiger partial charge >= 0.3 is 5.97 Å². The van der Waals surface area contributed by atoms with E-state index >= 15 is 0 Å². The molecular weight excluding hydrogens is 286 g/mol. The largest absolute Gasteiger partial charge is 0.478 e. The number of para-hydroxylation sites is 1. The van der Waals surface area contributed by atoms with E-state index < -0.39 is 5.97 Å². The number of piperidine rings is 1. The zero-order chi connectivity index (χ0) is 14.8. The molecule has 2 fully saturated rings. The lowest BCUT2D eigenvalue weighted by Crippen LogP contribution is -2.43. The monoisotopic (exact) mass is 305 g/mol. The SMILES string of the molecule is O=C(O)/C=C/c1cccc(Cl)c1N1CCCC2CCCC21. The molecule has 1 aromatic carbocycles. The van der Waals surface area contributed by atoms with E-state index in [0.29, 0.717) is 6.04 Å². The van der Waals surface area contributed by atoms with E-state index in [1.165, 1.54) is 38.2 Å². The van der Waals surface area contributed by atoms with Gasteiger partial charge in [0.2, 0.25) is 0 Å². The maximum Gasteiger partial charge on any atom is 0.328 e. The molecule has 112 valence electrons. The maximum absolute atomic E-state index is 10.8. The molecule has 2 atom stereocenters. The summed E-state index contributed by atoms with van der Waals surface area (Å²) in [6, 6.07) is 6.28. The second-order valence-corrected chi connectivity index (χ2v) is 6.35. The number of fused-ring (bicyclic) bond motifs is 1. The van der Waals surface area contributed by atoms with Crippen LogP contribution in [0.5, 0.6) is 0 Å². The Kier molecular flexibility index (Phi) is 4.20. The molecule has 0 spiro atoms. The summed E-state index contributed by atoms with van der Waals surface area (Å²) in [5, 5.41) is 9.58. The molecule has 0 amide bonds. The van der Waals surface area contributed by atoms with Crippen molar-refractivity contribution in [2.45, 2.75) is 38.1 Å². The average molecular weight is 306 g/mol. The molecule has 1 aliphatic carbocycles. The van der Waals surface area contributed by atoms with E-state index in [-0.39, 0.29) is 0 Å². The van der Waals surface area contributed by atoms with Gasteiger partial charge in [-0.15, -0.1) is 0 Å². The fraction of sp³-hybridized carbons (Fsp3) is 0.471. The lowest BCUT2D eigenvalue weighted by Gasteiger charge is -2.40. The number of halogens is 1. The molecule has 21 heavy (non-hydrogen) atoms. The van der Waals surface area contributed by atoms with Gasteiger partial charge in [0.1, 0.15) is 0 Å². The van der Waals surface area contributed by atoms with Gasteiger partial charge in [0, 0.05) is 18.7 Å². The van der Waals surface area contributed by atoms with Crippen LogP contribution in [0, 0.1) is 5.92 Å². The summed E-state index contributed by atoms with van der Waals surface area (Å²) >= 11 is 6.45. The maximum atomic E-state index is 10.8. The van der Waals surface area contributed by atoms with Crippen molar-refractivity contribution >= 4 is 29.3 Å². The molecule has 3 nitrogen and oxygen atoms in total. The molecule has 4 heteroatoms. The third-order valence-corrected chi connectivity index (χ3v) is 5.01. The first-order valence-corrected chi connectivity index (χ1v) is 8.01. The van der Waals surface area contributed by atoms with Crippen molar-refractivity contribution in [3.8, 4) is 0 Å². The van der Waals surface area contributed by atoms with Crippen molar-refractivity contribution in [3.05, 3.63) is 34.9 Å². The number of hydrogen-bond donors (Lipinski definition) is 1. The molecule has 2 aliphatic rings. The average Bonchev–Trinajstić information content (AvgIpc) is 2.93. The highest BCUT2D eigenvalue weighted by atomic mass is 35.5. The van der Waals surface area contributed by atoms with E-state index in [2.05, 4.69) is 4.90 Å². The van der Waals surface area contributed by atoms with Crippen LogP contribution in [0.2, 0.25) is 5.02 Å². The number of benzene rings is 1. The first-order chi connectivity index (χ1) is 10.2. The van der Waals surface area contributed by atoms with Gasteiger partial charge in [0.15, 0.2) is 0 Å². The number of hydrogen-bond acceptors (Lipinski definition) is 2. The molecule has 0 bridgehead atoms. The van der Waals surface area contributed by atoms with Crippen LogP contribution in [0.4, 0.5) is 5.69 Å². The summed E-state index contributed by atoms with van der Waals surface area (Å²) in [5.74, 6) is -0.162. The van der Waals surface area contributed by atoms with E-state index in [1.807, 2.05) is 18.2 Å². The second kappa shape index (κ2) is 6.10. The van der Waals surface area contributed by atoms with Gasteiger partial charge in [-0.1, -0.05) is 30.2 Å². The van der Waals surface area contributed by atoms with Crippen LogP contribution in [0.3, 0.4) is 0 Å². The van der Waals surface area contributed by atoms with Gasteiger partial charge in [-0.2, -0.15) is 0 Å². The molecule has 1 saturated heterocycles.